The van der Waals surface area contributed by atoms with Gasteiger partial charge in [-0.3, -0.25) is 4.79 Å². The number of nitrogens with one attached hydrogen (secondary N) is 1. The lowest BCUT2D eigenvalue weighted by Crippen LogP contribution is -2.30. The van der Waals surface area contributed by atoms with E-state index >= 15 is 0 Å². The van der Waals surface area contributed by atoms with Gasteiger partial charge in [-0.15, -0.1) is 0 Å². The molecule has 1 aromatic heterocycles. The molecule has 0 aliphatic carbocycles. The first-order valence-electron chi connectivity index (χ1n) is 8.22. The zero-order valence-electron chi connectivity index (χ0n) is 15.2. The molecule has 1 amide bonds. The molecule has 1 unspecified atom stereocenters. The van der Waals surface area contributed by atoms with Gasteiger partial charge >= 0.3 is 0 Å². The van der Waals surface area contributed by atoms with E-state index in [1.165, 1.54) is 0 Å². The van der Waals surface area contributed by atoms with Crippen LogP contribution in [0.2, 0.25) is 0 Å². The van der Waals surface area contributed by atoms with Crippen LogP contribution in [0.25, 0.3) is 0 Å². The number of ether oxygens (including phenoxy) is 1. The molecule has 0 bridgehead atoms. The van der Waals surface area contributed by atoms with Crippen molar-refractivity contribution in [1.29, 1.82) is 0 Å². The molecule has 24 heavy (non-hydrogen) atoms. The van der Waals surface area contributed by atoms with Crippen LogP contribution in [-0.4, -0.2) is 17.2 Å². The minimum Gasteiger partial charge on any atom is -0.481 e. The number of carbonyl (C=O) groups excluding carboxylic acids is 1. The predicted molar refractivity (Wildman–Crippen MR) is 94.5 cm³/mol. The molecule has 2 rings (SSSR count). The van der Waals surface area contributed by atoms with Gasteiger partial charge in [-0.25, -0.2) is 0 Å². The summed E-state index contributed by atoms with van der Waals surface area (Å²) in [6.07, 6.45) is -0.639. The molecule has 0 spiro atoms. The van der Waals surface area contributed by atoms with Crippen LogP contribution in [0, 0.1) is 0 Å². The van der Waals surface area contributed by atoms with Crippen molar-refractivity contribution in [3.8, 4) is 5.75 Å². The highest BCUT2D eigenvalue weighted by Gasteiger charge is 2.22. The van der Waals surface area contributed by atoms with Crippen LogP contribution in [0.3, 0.4) is 0 Å². The second-order valence-corrected chi connectivity index (χ2v) is 7.27. The number of carbonyl (C=O) groups is 1. The summed E-state index contributed by atoms with van der Waals surface area (Å²) >= 11 is 0. The van der Waals surface area contributed by atoms with Crippen LogP contribution in [-0.2, 0) is 10.2 Å². The summed E-state index contributed by atoms with van der Waals surface area (Å²) in [5.74, 6) is 1.91. The Hall–Kier alpha value is -2.30. The van der Waals surface area contributed by atoms with Crippen LogP contribution < -0.4 is 10.1 Å². The fourth-order valence-corrected chi connectivity index (χ4v) is 2.22. The Kier molecular flexibility index (Phi) is 5.32. The maximum atomic E-state index is 12.3. The van der Waals surface area contributed by atoms with Gasteiger partial charge in [-0.2, -0.15) is 0 Å². The number of aromatic nitrogens is 1. The molecule has 0 saturated carbocycles. The summed E-state index contributed by atoms with van der Waals surface area (Å²) in [5.41, 5.74) is 0.919. The minimum atomic E-state index is -0.639. The molecular formula is C19H26N2O3. The highest BCUT2D eigenvalue weighted by atomic mass is 16.5. The molecule has 0 aliphatic heterocycles. The Morgan fingerprint density at radius 3 is 2.46 bits per heavy atom. The molecule has 1 aromatic carbocycles. The average molecular weight is 330 g/mol. The SMILES string of the molecule is CC(Oc1ccccc1C(C)C)C(=O)Nc1cc(C(C)(C)C)on1. The molecular weight excluding hydrogens is 304 g/mol. The molecule has 0 radical (unpaired) electrons. The lowest BCUT2D eigenvalue weighted by Gasteiger charge is -2.18. The van der Waals surface area contributed by atoms with Gasteiger partial charge in [0.1, 0.15) is 11.5 Å². The fraction of sp³-hybridized carbons (Fsp3) is 0.474. The molecule has 1 N–H and O–H groups in total. The number of nitrogens with zero attached hydrogens (tertiary/aromatic N) is 1. The molecule has 5 heteroatoms. The third kappa shape index (κ3) is 4.37. The van der Waals surface area contributed by atoms with Gasteiger partial charge in [0.05, 0.1) is 0 Å². The quantitative estimate of drug-likeness (QED) is 0.876. The van der Waals surface area contributed by atoms with Crippen LogP contribution in [0.1, 0.15) is 58.8 Å². The van der Waals surface area contributed by atoms with Gasteiger partial charge in [-0.1, -0.05) is 58.0 Å². The second-order valence-electron chi connectivity index (χ2n) is 7.27. The normalized spacial score (nSPS) is 13.0. The molecule has 0 saturated heterocycles. The van der Waals surface area contributed by atoms with Crippen molar-refractivity contribution < 1.29 is 14.1 Å². The monoisotopic (exact) mass is 330 g/mol. The standard InChI is InChI=1S/C19H26N2O3/c1-12(2)14-9-7-8-10-15(14)23-13(3)18(22)20-17-11-16(24-21-17)19(4,5)6/h7-13H,1-6H3,(H,20,21,22). The van der Waals surface area contributed by atoms with Crippen molar-refractivity contribution in [2.75, 3.05) is 5.32 Å². The van der Waals surface area contributed by atoms with Crippen LogP contribution in [0.5, 0.6) is 5.75 Å². The molecule has 5 nitrogen and oxygen atoms in total. The van der Waals surface area contributed by atoms with Crippen LogP contribution in [0.4, 0.5) is 5.82 Å². The van der Waals surface area contributed by atoms with E-state index < -0.39 is 6.10 Å². The second kappa shape index (κ2) is 7.07. The number of hydrogen-bond donors (Lipinski definition) is 1. The maximum absolute atomic E-state index is 12.3. The Morgan fingerprint density at radius 1 is 1.21 bits per heavy atom. The van der Waals surface area contributed by atoms with Crippen molar-refractivity contribution >= 4 is 11.7 Å². The number of benzene rings is 1. The van der Waals surface area contributed by atoms with E-state index in [1.54, 1.807) is 13.0 Å². The third-order valence-corrected chi connectivity index (χ3v) is 3.71. The predicted octanol–water partition coefficient (Wildman–Crippen LogP) is 4.50. The number of hydrogen-bond acceptors (Lipinski definition) is 4. The first-order valence-corrected chi connectivity index (χ1v) is 8.22. The van der Waals surface area contributed by atoms with Crippen molar-refractivity contribution in [2.24, 2.45) is 0 Å². The molecule has 1 heterocycles. The summed E-state index contributed by atoms with van der Waals surface area (Å²) < 4.78 is 11.1. The Labute approximate surface area is 143 Å². The average Bonchev–Trinajstić information content (AvgIpc) is 2.96. The third-order valence-electron chi connectivity index (χ3n) is 3.71. The summed E-state index contributed by atoms with van der Waals surface area (Å²) in [4.78, 5) is 12.3. The van der Waals surface area contributed by atoms with E-state index in [9.17, 15) is 4.79 Å². The van der Waals surface area contributed by atoms with Crippen LogP contribution in [0.15, 0.2) is 34.9 Å². The number of rotatable bonds is 5. The summed E-state index contributed by atoms with van der Waals surface area (Å²) in [6, 6.07) is 9.51. The topological polar surface area (TPSA) is 64.4 Å². The van der Waals surface area contributed by atoms with Gasteiger partial charge in [0.25, 0.3) is 5.91 Å². The fourth-order valence-electron chi connectivity index (χ4n) is 2.22. The number of anilines is 1. The Morgan fingerprint density at radius 2 is 1.88 bits per heavy atom. The van der Waals surface area contributed by atoms with E-state index in [1.807, 2.05) is 45.0 Å². The zero-order chi connectivity index (χ0) is 17.9. The number of para-hydroxylation sites is 1. The smallest absolute Gasteiger partial charge is 0.266 e. The molecule has 2 aromatic rings. The summed E-state index contributed by atoms with van der Waals surface area (Å²) in [5, 5.41) is 6.63. The highest BCUT2D eigenvalue weighted by Crippen LogP contribution is 2.27. The van der Waals surface area contributed by atoms with E-state index in [0.29, 0.717) is 11.7 Å². The molecule has 1 atom stereocenters. The number of amides is 1. The van der Waals surface area contributed by atoms with E-state index in [4.69, 9.17) is 9.26 Å². The van der Waals surface area contributed by atoms with Gasteiger partial charge in [-0.05, 0) is 24.5 Å². The molecule has 130 valence electrons. The van der Waals surface area contributed by atoms with Crippen molar-refractivity contribution in [1.82, 2.24) is 5.16 Å². The lowest BCUT2D eigenvalue weighted by atomic mass is 9.93. The lowest BCUT2D eigenvalue weighted by molar-refractivity contribution is -0.122. The van der Waals surface area contributed by atoms with Crippen molar-refractivity contribution in [3.63, 3.8) is 0 Å². The van der Waals surface area contributed by atoms with E-state index in [0.717, 1.165) is 17.1 Å². The Balaban J connectivity index is 2.04. The van der Waals surface area contributed by atoms with Crippen molar-refractivity contribution in [3.05, 3.63) is 41.7 Å². The first-order chi connectivity index (χ1) is 11.2. The summed E-state index contributed by atoms with van der Waals surface area (Å²) in [7, 11) is 0. The minimum absolute atomic E-state index is 0.158. The van der Waals surface area contributed by atoms with Crippen molar-refractivity contribution in [2.45, 2.75) is 59.0 Å². The van der Waals surface area contributed by atoms with E-state index in [-0.39, 0.29) is 11.3 Å². The van der Waals surface area contributed by atoms with Gasteiger partial charge in [0, 0.05) is 11.5 Å². The molecule has 0 aliphatic rings. The largest absolute Gasteiger partial charge is 0.481 e. The first kappa shape index (κ1) is 18.0. The van der Waals surface area contributed by atoms with Gasteiger partial charge < -0.3 is 14.6 Å². The summed E-state index contributed by atoms with van der Waals surface area (Å²) in [6.45, 7) is 12.0. The van der Waals surface area contributed by atoms with Crippen LogP contribution >= 0.6 is 0 Å². The van der Waals surface area contributed by atoms with E-state index in [2.05, 4.69) is 24.3 Å². The van der Waals surface area contributed by atoms with Gasteiger partial charge in [0.2, 0.25) is 0 Å². The van der Waals surface area contributed by atoms with Gasteiger partial charge in [0.15, 0.2) is 11.9 Å². The highest BCUT2D eigenvalue weighted by molar-refractivity contribution is 5.93. The maximum Gasteiger partial charge on any atom is 0.266 e. The zero-order valence-corrected chi connectivity index (χ0v) is 15.2. The molecule has 0 fully saturated rings. The Bertz CT molecular complexity index is 699.